The van der Waals surface area contributed by atoms with Gasteiger partial charge in [-0.05, 0) is 66.3 Å². The Hall–Kier alpha value is -3.30. The maximum Gasteiger partial charge on any atom is 0.416 e. The Morgan fingerprint density at radius 1 is 1.13 bits per heavy atom. The number of fused-ring (bicyclic) bond motifs is 1. The monoisotopic (exact) mass is 525 g/mol. The lowest BCUT2D eigenvalue weighted by atomic mass is 9.74. The lowest BCUT2D eigenvalue weighted by molar-refractivity contribution is -0.138. The maximum atomic E-state index is 12.9. The Bertz CT molecular complexity index is 1360. The minimum Gasteiger partial charge on any atom is -0.385 e. The average Bonchev–Trinajstić information content (AvgIpc) is 2.89. The molecule has 9 heteroatoms. The van der Waals surface area contributed by atoms with E-state index in [0.29, 0.717) is 32.5 Å². The molecular weight excluding hydrogens is 495 g/mol. The van der Waals surface area contributed by atoms with Crippen LogP contribution in [0.5, 0.6) is 0 Å². The molecule has 3 unspecified atom stereocenters. The van der Waals surface area contributed by atoms with Gasteiger partial charge in [-0.3, -0.25) is 24.8 Å². The zero-order chi connectivity index (χ0) is 27.1. The summed E-state index contributed by atoms with van der Waals surface area (Å²) in [6.45, 7) is 3.75. The Morgan fingerprint density at radius 2 is 1.89 bits per heavy atom. The van der Waals surface area contributed by atoms with Crippen LogP contribution in [0.2, 0.25) is 0 Å². The summed E-state index contributed by atoms with van der Waals surface area (Å²) in [5, 5.41) is 15.1. The first-order valence-corrected chi connectivity index (χ1v) is 12.9. The second-order valence-electron chi connectivity index (χ2n) is 10.4. The van der Waals surface area contributed by atoms with Crippen LogP contribution in [0.15, 0.2) is 54.7 Å². The summed E-state index contributed by atoms with van der Waals surface area (Å²) in [6, 6.07) is 12.9. The Morgan fingerprint density at radius 3 is 2.58 bits per heavy atom. The molecule has 0 spiro atoms. The minimum atomic E-state index is -4.36. The van der Waals surface area contributed by atoms with E-state index in [0.717, 1.165) is 46.1 Å². The first-order chi connectivity index (χ1) is 18.1. The molecule has 3 heterocycles. The van der Waals surface area contributed by atoms with Crippen LogP contribution < -0.4 is 5.32 Å². The molecule has 2 fully saturated rings. The van der Waals surface area contributed by atoms with Gasteiger partial charge in [0.15, 0.2) is 0 Å². The summed E-state index contributed by atoms with van der Waals surface area (Å²) in [5.74, 6) is -1.09. The number of piperidine rings is 2. The van der Waals surface area contributed by atoms with Gasteiger partial charge in [0, 0.05) is 43.6 Å². The lowest BCUT2D eigenvalue weighted by Gasteiger charge is -2.45. The number of pyridine rings is 1. The van der Waals surface area contributed by atoms with E-state index in [4.69, 9.17) is 0 Å². The molecule has 2 amide bonds. The molecule has 0 bridgehead atoms. The lowest BCUT2D eigenvalue weighted by Crippen LogP contribution is -2.49. The van der Waals surface area contributed by atoms with Crippen molar-refractivity contribution < 1.29 is 27.9 Å². The number of amides is 2. The Kier molecular flexibility index (Phi) is 7.00. The molecule has 2 N–H and O–H groups in total. The molecule has 38 heavy (non-hydrogen) atoms. The number of carbonyl (C=O) groups is 2. The summed E-state index contributed by atoms with van der Waals surface area (Å²) in [7, 11) is 0. The summed E-state index contributed by atoms with van der Waals surface area (Å²) < 4.78 is 38.7. The number of benzene rings is 2. The van der Waals surface area contributed by atoms with Crippen LogP contribution in [0.1, 0.15) is 60.8 Å². The van der Waals surface area contributed by atoms with E-state index < -0.39 is 23.3 Å². The van der Waals surface area contributed by atoms with Crippen LogP contribution in [0, 0.1) is 5.92 Å². The van der Waals surface area contributed by atoms with Crippen molar-refractivity contribution >= 4 is 22.7 Å². The van der Waals surface area contributed by atoms with E-state index in [1.807, 2.05) is 31.2 Å². The van der Waals surface area contributed by atoms with Crippen molar-refractivity contribution in [1.29, 1.82) is 0 Å². The molecule has 2 saturated heterocycles. The van der Waals surface area contributed by atoms with Gasteiger partial charge in [0.05, 0.1) is 22.6 Å². The summed E-state index contributed by atoms with van der Waals surface area (Å²) in [5.41, 5.74) is 1.35. The van der Waals surface area contributed by atoms with Crippen molar-refractivity contribution in [1.82, 2.24) is 15.2 Å². The normalized spacial score (nSPS) is 25.0. The van der Waals surface area contributed by atoms with E-state index in [1.165, 1.54) is 12.1 Å². The fourth-order valence-electron chi connectivity index (χ4n) is 5.75. The molecule has 3 aromatic rings. The molecule has 2 aliphatic heterocycles. The van der Waals surface area contributed by atoms with Gasteiger partial charge in [0.2, 0.25) is 11.8 Å². The largest absolute Gasteiger partial charge is 0.416 e. The topological polar surface area (TPSA) is 82.5 Å². The molecule has 6 nitrogen and oxygen atoms in total. The second-order valence-corrected chi connectivity index (χ2v) is 10.4. The molecule has 3 atom stereocenters. The molecule has 0 aliphatic carbocycles. The fraction of sp³-hybridized carbons (Fsp3) is 0.414. The van der Waals surface area contributed by atoms with Crippen LogP contribution >= 0.6 is 0 Å². The van der Waals surface area contributed by atoms with Crippen molar-refractivity contribution in [2.24, 2.45) is 5.92 Å². The quantitative estimate of drug-likeness (QED) is 0.464. The van der Waals surface area contributed by atoms with Gasteiger partial charge in [-0.2, -0.15) is 13.2 Å². The minimum absolute atomic E-state index is 0.0746. The number of hydrogen-bond acceptors (Lipinski definition) is 5. The predicted molar refractivity (Wildman–Crippen MR) is 136 cm³/mol. The van der Waals surface area contributed by atoms with E-state index in [9.17, 15) is 27.9 Å². The van der Waals surface area contributed by atoms with Crippen LogP contribution in [-0.2, 0) is 27.9 Å². The van der Waals surface area contributed by atoms with Gasteiger partial charge >= 0.3 is 6.18 Å². The number of aliphatic hydroxyl groups is 1. The molecule has 2 aromatic carbocycles. The molecule has 200 valence electrons. The predicted octanol–water partition coefficient (Wildman–Crippen LogP) is 4.89. The number of alkyl halides is 3. The van der Waals surface area contributed by atoms with Crippen LogP contribution in [0.4, 0.5) is 13.2 Å². The summed E-state index contributed by atoms with van der Waals surface area (Å²) >= 11 is 0. The number of likely N-dealkylation sites (tertiary alicyclic amines) is 1. The number of nitrogens with one attached hydrogen (secondary N) is 1. The SMILES string of the molecule is CCC1CN(Cc2ccc(C(F)(F)F)cc2)CCC1(O)c1ccc2ncc(C3CCC(=O)NC3=O)cc2c1. The third kappa shape index (κ3) is 5.17. The molecule has 5 rings (SSSR count). The summed E-state index contributed by atoms with van der Waals surface area (Å²) in [6.07, 6.45) is -0.745. The fourth-order valence-corrected chi connectivity index (χ4v) is 5.75. The standard InChI is InChI=1S/C29H30F3N3O3/c1-2-21-17-35(16-18-3-5-22(6-4-18)29(30,31)32)12-11-28(21,38)23-7-9-25-19(14-23)13-20(15-33-25)24-8-10-26(36)34-27(24)37/h3-7,9,13-15,21,24,38H,2,8,10-12,16-17H2,1H3,(H,34,36,37). The molecule has 0 radical (unpaired) electrons. The van der Waals surface area contributed by atoms with Crippen molar-refractivity contribution in [3.63, 3.8) is 0 Å². The average molecular weight is 526 g/mol. The van der Waals surface area contributed by atoms with Crippen LogP contribution in [-0.4, -0.2) is 39.9 Å². The van der Waals surface area contributed by atoms with Crippen LogP contribution in [0.3, 0.4) is 0 Å². The number of carbonyl (C=O) groups excluding carboxylic acids is 2. The number of halogens is 3. The first-order valence-electron chi connectivity index (χ1n) is 12.9. The highest BCUT2D eigenvalue weighted by Crippen LogP contribution is 2.41. The number of rotatable bonds is 5. The zero-order valence-electron chi connectivity index (χ0n) is 21.1. The van der Waals surface area contributed by atoms with E-state index in [1.54, 1.807) is 6.20 Å². The number of aromatic nitrogens is 1. The first kappa shape index (κ1) is 26.3. The van der Waals surface area contributed by atoms with Gasteiger partial charge in [0.25, 0.3) is 0 Å². The number of nitrogens with zero attached hydrogens (tertiary/aromatic N) is 2. The van der Waals surface area contributed by atoms with Crippen LogP contribution in [0.25, 0.3) is 10.9 Å². The summed E-state index contributed by atoms with van der Waals surface area (Å²) in [4.78, 5) is 30.6. The van der Waals surface area contributed by atoms with Gasteiger partial charge in [-0.15, -0.1) is 0 Å². The van der Waals surface area contributed by atoms with Crippen molar-refractivity contribution in [2.45, 2.75) is 56.8 Å². The highest BCUT2D eigenvalue weighted by Gasteiger charge is 2.42. The Balaban J connectivity index is 1.34. The van der Waals surface area contributed by atoms with Crippen molar-refractivity contribution in [3.8, 4) is 0 Å². The molecule has 0 saturated carbocycles. The van der Waals surface area contributed by atoms with E-state index in [2.05, 4.69) is 15.2 Å². The van der Waals surface area contributed by atoms with Crippen molar-refractivity contribution in [2.75, 3.05) is 13.1 Å². The van der Waals surface area contributed by atoms with Gasteiger partial charge in [-0.25, -0.2) is 0 Å². The van der Waals surface area contributed by atoms with Crippen molar-refractivity contribution in [3.05, 3.63) is 77.0 Å². The third-order valence-corrected chi connectivity index (χ3v) is 7.99. The van der Waals surface area contributed by atoms with Gasteiger partial charge in [0.1, 0.15) is 0 Å². The highest BCUT2D eigenvalue weighted by molar-refractivity contribution is 6.01. The van der Waals surface area contributed by atoms with Gasteiger partial charge < -0.3 is 5.11 Å². The number of hydrogen-bond donors (Lipinski definition) is 2. The smallest absolute Gasteiger partial charge is 0.385 e. The zero-order valence-corrected chi connectivity index (χ0v) is 21.1. The third-order valence-electron chi connectivity index (χ3n) is 7.99. The molecular formula is C29H30F3N3O3. The molecule has 1 aromatic heterocycles. The highest BCUT2D eigenvalue weighted by atomic mass is 19.4. The van der Waals surface area contributed by atoms with Gasteiger partial charge in [-0.1, -0.05) is 25.1 Å². The second kappa shape index (κ2) is 10.1. The number of imide groups is 1. The Labute approximate surface area is 218 Å². The maximum absolute atomic E-state index is 12.9. The molecule has 2 aliphatic rings. The van der Waals surface area contributed by atoms with E-state index >= 15 is 0 Å². The van der Waals surface area contributed by atoms with E-state index in [-0.39, 0.29) is 24.2 Å².